The number of carbonyl (C=O) groups is 1. The molecule has 0 aliphatic carbocycles. The van der Waals surface area contributed by atoms with Crippen LogP contribution in [0.3, 0.4) is 0 Å². The second kappa shape index (κ2) is 9.45. The van der Waals surface area contributed by atoms with E-state index < -0.39 is 29.6 Å². The zero-order chi connectivity index (χ0) is 21.5. The zero-order valence-electron chi connectivity index (χ0n) is 15.4. The minimum atomic E-state index is -2.75. The van der Waals surface area contributed by atoms with E-state index in [2.05, 4.69) is 10.4 Å². The summed E-state index contributed by atoms with van der Waals surface area (Å²) in [7, 11) is 0. The van der Waals surface area contributed by atoms with Crippen molar-refractivity contribution in [2.75, 3.05) is 11.9 Å². The Morgan fingerprint density at radius 3 is 2.60 bits per heavy atom. The molecule has 2 aromatic carbocycles. The average Bonchev–Trinajstić information content (AvgIpc) is 3.20. The number of non-ortho nitro benzene ring substituents is 1. The van der Waals surface area contributed by atoms with Crippen LogP contribution in [0.5, 0.6) is 11.5 Å². The van der Waals surface area contributed by atoms with Gasteiger partial charge in [0.1, 0.15) is 18.1 Å². The summed E-state index contributed by atoms with van der Waals surface area (Å²) in [5.74, 6) is -0.178. The number of carbonyl (C=O) groups excluding carboxylic acids is 1. The molecule has 9 nitrogen and oxygen atoms in total. The van der Waals surface area contributed by atoms with Crippen LogP contribution in [0, 0.1) is 10.1 Å². The van der Waals surface area contributed by atoms with E-state index in [0.29, 0.717) is 5.75 Å². The van der Waals surface area contributed by atoms with Gasteiger partial charge in [-0.3, -0.25) is 14.9 Å². The number of nitro groups is 1. The number of halogens is 2. The van der Waals surface area contributed by atoms with Gasteiger partial charge in [0.2, 0.25) is 0 Å². The van der Waals surface area contributed by atoms with E-state index in [9.17, 15) is 23.7 Å². The second-order valence-electron chi connectivity index (χ2n) is 5.96. The highest BCUT2D eigenvalue weighted by molar-refractivity contribution is 6.03. The Balaban J connectivity index is 1.67. The number of ether oxygens (including phenoxy) is 2. The van der Waals surface area contributed by atoms with E-state index in [1.54, 1.807) is 12.1 Å². The van der Waals surface area contributed by atoms with Crippen LogP contribution in [0.15, 0.2) is 60.8 Å². The van der Waals surface area contributed by atoms with Gasteiger partial charge in [-0.2, -0.15) is 5.10 Å². The maximum atomic E-state index is 12.4. The summed E-state index contributed by atoms with van der Waals surface area (Å²) in [6.45, 7) is -0.861. The van der Waals surface area contributed by atoms with Gasteiger partial charge in [0.15, 0.2) is 12.4 Å². The van der Waals surface area contributed by atoms with E-state index in [0.717, 1.165) is 12.1 Å². The van der Waals surface area contributed by atoms with E-state index in [1.807, 2.05) is 18.2 Å². The van der Waals surface area contributed by atoms with Crippen molar-refractivity contribution in [2.45, 2.75) is 13.2 Å². The zero-order valence-corrected chi connectivity index (χ0v) is 15.4. The number of nitrogens with zero attached hydrogens (tertiary/aromatic N) is 3. The van der Waals surface area contributed by atoms with Gasteiger partial charge < -0.3 is 14.8 Å². The van der Waals surface area contributed by atoms with Gasteiger partial charge in [-0.05, 0) is 18.2 Å². The van der Waals surface area contributed by atoms with Crippen LogP contribution < -0.4 is 14.8 Å². The third kappa shape index (κ3) is 5.74. The van der Waals surface area contributed by atoms with Crippen LogP contribution in [0.2, 0.25) is 0 Å². The third-order valence-electron chi connectivity index (χ3n) is 3.72. The Morgan fingerprint density at radius 2 is 1.90 bits per heavy atom. The summed E-state index contributed by atoms with van der Waals surface area (Å²) in [6, 6.07) is 13.8. The Bertz CT molecular complexity index is 1030. The fourth-order valence-electron chi connectivity index (χ4n) is 2.41. The molecule has 11 heteroatoms. The lowest BCUT2D eigenvalue weighted by Crippen LogP contribution is -2.15. The SMILES string of the molecule is O=C(Nc1cc(OCC(F)F)cc([N+](=O)[O-])c1)c1ccn(COc2ccccc2)n1. The average molecular weight is 418 g/mol. The maximum absolute atomic E-state index is 12.4. The van der Waals surface area contributed by atoms with Crippen molar-refractivity contribution in [1.82, 2.24) is 9.78 Å². The summed E-state index contributed by atoms with van der Waals surface area (Å²) < 4.78 is 36.4. The third-order valence-corrected chi connectivity index (χ3v) is 3.72. The number of benzene rings is 2. The number of hydrogen-bond acceptors (Lipinski definition) is 6. The van der Waals surface area contributed by atoms with Crippen molar-refractivity contribution in [3.8, 4) is 11.5 Å². The van der Waals surface area contributed by atoms with Gasteiger partial charge in [0, 0.05) is 18.3 Å². The van der Waals surface area contributed by atoms with E-state index in [4.69, 9.17) is 9.47 Å². The molecular weight excluding hydrogens is 402 g/mol. The molecule has 0 spiro atoms. The molecular formula is C19H16F2N4O5. The van der Waals surface area contributed by atoms with E-state index in [1.165, 1.54) is 23.0 Å². The predicted molar refractivity (Wildman–Crippen MR) is 102 cm³/mol. The first kappa shape index (κ1) is 20.7. The van der Waals surface area contributed by atoms with Crippen molar-refractivity contribution >= 4 is 17.3 Å². The number of amides is 1. The fraction of sp³-hybridized carbons (Fsp3) is 0.158. The number of aromatic nitrogens is 2. The van der Waals surface area contributed by atoms with Gasteiger partial charge in [-0.15, -0.1) is 0 Å². The van der Waals surface area contributed by atoms with Gasteiger partial charge >= 0.3 is 0 Å². The first-order chi connectivity index (χ1) is 14.4. The van der Waals surface area contributed by atoms with Crippen molar-refractivity contribution < 1.29 is 28.0 Å². The molecule has 0 bridgehead atoms. The number of anilines is 1. The largest absolute Gasteiger partial charge is 0.487 e. The summed E-state index contributed by atoms with van der Waals surface area (Å²) in [4.78, 5) is 22.7. The molecule has 1 aromatic heterocycles. The normalized spacial score (nSPS) is 10.6. The number of hydrogen-bond donors (Lipinski definition) is 1. The molecule has 0 saturated carbocycles. The standard InChI is InChI=1S/C19H16F2N4O5/c20-18(21)11-29-16-9-13(8-14(10-16)25(27)28)22-19(26)17-6-7-24(23-17)12-30-15-4-2-1-3-5-15/h1-10,18H,11-12H2,(H,22,26). The van der Waals surface area contributed by atoms with Crippen molar-refractivity contribution in [2.24, 2.45) is 0 Å². The summed E-state index contributed by atoms with van der Waals surface area (Å²) >= 11 is 0. The van der Waals surface area contributed by atoms with Crippen LogP contribution >= 0.6 is 0 Å². The molecule has 0 saturated heterocycles. The van der Waals surface area contributed by atoms with Crippen molar-refractivity contribution in [3.05, 3.63) is 76.6 Å². The van der Waals surface area contributed by atoms with E-state index >= 15 is 0 Å². The molecule has 156 valence electrons. The minimum Gasteiger partial charge on any atom is -0.487 e. The molecule has 0 aliphatic heterocycles. The number of nitrogens with one attached hydrogen (secondary N) is 1. The van der Waals surface area contributed by atoms with Crippen molar-refractivity contribution in [3.63, 3.8) is 0 Å². The molecule has 30 heavy (non-hydrogen) atoms. The number of para-hydroxylation sites is 1. The fourth-order valence-corrected chi connectivity index (χ4v) is 2.41. The van der Waals surface area contributed by atoms with Gasteiger partial charge in [-0.1, -0.05) is 18.2 Å². The van der Waals surface area contributed by atoms with Crippen LogP contribution in [-0.4, -0.2) is 33.6 Å². The number of alkyl halides is 2. The Labute approximate surface area is 169 Å². The van der Waals surface area contributed by atoms with Crippen LogP contribution in [0.4, 0.5) is 20.2 Å². The maximum Gasteiger partial charge on any atom is 0.276 e. The molecule has 3 rings (SSSR count). The highest BCUT2D eigenvalue weighted by Gasteiger charge is 2.16. The number of rotatable bonds is 9. The highest BCUT2D eigenvalue weighted by atomic mass is 19.3. The molecule has 0 atom stereocenters. The Morgan fingerprint density at radius 1 is 1.13 bits per heavy atom. The smallest absolute Gasteiger partial charge is 0.276 e. The van der Waals surface area contributed by atoms with Gasteiger partial charge in [0.25, 0.3) is 18.0 Å². The molecule has 1 heterocycles. The minimum absolute atomic E-state index is 0.00792. The molecule has 0 fully saturated rings. The first-order valence-corrected chi connectivity index (χ1v) is 8.64. The predicted octanol–water partition coefficient (Wildman–Crippen LogP) is 3.72. The van der Waals surface area contributed by atoms with Crippen LogP contribution in [0.25, 0.3) is 0 Å². The number of nitro benzene ring substituents is 1. The van der Waals surface area contributed by atoms with Gasteiger partial charge in [0.05, 0.1) is 16.7 Å². The topological polar surface area (TPSA) is 109 Å². The van der Waals surface area contributed by atoms with Crippen molar-refractivity contribution in [1.29, 1.82) is 0 Å². The first-order valence-electron chi connectivity index (χ1n) is 8.64. The lowest BCUT2D eigenvalue weighted by Gasteiger charge is -2.09. The molecule has 0 aliphatic rings. The second-order valence-corrected chi connectivity index (χ2v) is 5.96. The molecule has 3 aromatic rings. The van der Waals surface area contributed by atoms with E-state index in [-0.39, 0.29) is 23.9 Å². The lowest BCUT2D eigenvalue weighted by molar-refractivity contribution is -0.384. The van der Waals surface area contributed by atoms with Crippen LogP contribution in [-0.2, 0) is 6.73 Å². The Hall–Kier alpha value is -4.02. The Kier molecular flexibility index (Phi) is 6.53. The molecule has 1 N–H and O–H groups in total. The molecule has 1 amide bonds. The van der Waals surface area contributed by atoms with Crippen LogP contribution in [0.1, 0.15) is 10.5 Å². The monoisotopic (exact) mass is 418 g/mol. The molecule has 0 radical (unpaired) electrons. The van der Waals surface area contributed by atoms with Gasteiger partial charge in [-0.25, -0.2) is 13.5 Å². The quantitative estimate of drug-likeness (QED) is 0.419. The lowest BCUT2D eigenvalue weighted by atomic mass is 10.2. The summed E-state index contributed by atoms with van der Waals surface area (Å²) in [6.07, 6.45) is -1.22. The summed E-state index contributed by atoms with van der Waals surface area (Å²) in [5.41, 5.74) is -0.374. The summed E-state index contributed by atoms with van der Waals surface area (Å²) in [5, 5.41) is 17.6. The molecule has 0 unspecified atom stereocenters. The highest BCUT2D eigenvalue weighted by Crippen LogP contribution is 2.26.